The highest BCUT2D eigenvalue weighted by Gasteiger charge is 2.03. The van der Waals surface area contributed by atoms with Gasteiger partial charge in [-0.05, 0) is 6.07 Å². The van der Waals surface area contributed by atoms with Crippen LogP contribution in [-0.4, -0.2) is 23.7 Å². The zero-order chi connectivity index (χ0) is 10.4. The summed E-state index contributed by atoms with van der Waals surface area (Å²) in [7, 11) is 0. The molecule has 6 heteroatoms. The molecule has 2 amide bonds. The number of anilines is 1. The number of nitrogens with one attached hydrogen (secondary N) is 2. The van der Waals surface area contributed by atoms with Crippen LogP contribution in [0.15, 0.2) is 22.8 Å². The molecule has 0 bridgehead atoms. The molecular weight excluding hydrogens is 188 g/mol. The zero-order valence-corrected chi connectivity index (χ0v) is 7.32. The molecule has 1 aromatic rings. The fraction of sp³-hybridized carbons (Fsp3) is 0.250. The number of aliphatic carboxylic acids is 1. The summed E-state index contributed by atoms with van der Waals surface area (Å²) in [6.07, 6.45) is 1.32. The molecule has 1 rings (SSSR count). The third-order valence-electron chi connectivity index (χ3n) is 1.38. The molecule has 0 fully saturated rings. The first-order chi connectivity index (χ1) is 6.68. The van der Waals surface area contributed by atoms with Crippen molar-refractivity contribution in [3.63, 3.8) is 0 Å². The molecule has 0 aromatic carbocycles. The molecule has 14 heavy (non-hydrogen) atoms. The molecule has 1 heterocycles. The lowest BCUT2D eigenvalue weighted by Crippen LogP contribution is -2.30. The van der Waals surface area contributed by atoms with Gasteiger partial charge in [-0.2, -0.15) is 0 Å². The van der Waals surface area contributed by atoms with E-state index >= 15 is 0 Å². The maximum absolute atomic E-state index is 11.0. The van der Waals surface area contributed by atoms with E-state index in [1.54, 1.807) is 12.1 Å². The van der Waals surface area contributed by atoms with Crippen LogP contribution < -0.4 is 10.6 Å². The number of carbonyl (C=O) groups excluding carboxylic acids is 1. The van der Waals surface area contributed by atoms with Crippen LogP contribution in [0, 0.1) is 0 Å². The van der Waals surface area contributed by atoms with Gasteiger partial charge in [-0.1, -0.05) is 0 Å². The third-order valence-corrected chi connectivity index (χ3v) is 1.38. The van der Waals surface area contributed by atoms with Gasteiger partial charge in [0.05, 0.1) is 12.7 Å². The molecule has 1 aromatic heterocycles. The van der Waals surface area contributed by atoms with Crippen molar-refractivity contribution in [2.75, 3.05) is 11.9 Å². The summed E-state index contributed by atoms with van der Waals surface area (Å²) in [6.45, 7) is 0.0852. The van der Waals surface area contributed by atoms with Gasteiger partial charge in [0.25, 0.3) is 0 Å². The fourth-order valence-electron chi connectivity index (χ4n) is 0.789. The van der Waals surface area contributed by atoms with Gasteiger partial charge in [0, 0.05) is 12.6 Å². The van der Waals surface area contributed by atoms with Crippen molar-refractivity contribution < 1.29 is 19.1 Å². The monoisotopic (exact) mass is 198 g/mol. The molecule has 0 aliphatic rings. The summed E-state index contributed by atoms with van der Waals surface area (Å²) >= 11 is 0. The lowest BCUT2D eigenvalue weighted by molar-refractivity contribution is -0.136. The molecule has 0 aliphatic heterocycles. The summed E-state index contributed by atoms with van der Waals surface area (Å²) < 4.78 is 4.84. The van der Waals surface area contributed by atoms with Crippen molar-refractivity contribution in [3.8, 4) is 0 Å². The van der Waals surface area contributed by atoms with Crippen molar-refractivity contribution in [1.29, 1.82) is 0 Å². The van der Waals surface area contributed by atoms with E-state index in [9.17, 15) is 9.59 Å². The highest BCUT2D eigenvalue weighted by Crippen LogP contribution is 2.05. The number of hydrogen-bond acceptors (Lipinski definition) is 3. The van der Waals surface area contributed by atoms with E-state index in [0.29, 0.717) is 5.88 Å². The number of carbonyl (C=O) groups is 2. The van der Waals surface area contributed by atoms with Crippen LogP contribution in [-0.2, 0) is 4.79 Å². The first kappa shape index (κ1) is 10.1. The van der Waals surface area contributed by atoms with Crippen molar-refractivity contribution >= 4 is 17.9 Å². The van der Waals surface area contributed by atoms with E-state index < -0.39 is 12.0 Å². The van der Waals surface area contributed by atoms with Crippen molar-refractivity contribution in [2.24, 2.45) is 0 Å². The zero-order valence-electron chi connectivity index (χ0n) is 7.32. The first-order valence-electron chi connectivity index (χ1n) is 3.98. The Bertz CT molecular complexity index is 307. The normalized spacial score (nSPS) is 9.43. The van der Waals surface area contributed by atoms with Gasteiger partial charge in [0.1, 0.15) is 0 Å². The predicted octanol–water partition coefficient (Wildman–Crippen LogP) is 0.876. The van der Waals surface area contributed by atoms with Crippen LogP contribution in [0.3, 0.4) is 0 Å². The molecule has 76 valence electrons. The molecular formula is C8H10N2O4. The number of carboxylic acids is 1. The lowest BCUT2D eigenvalue weighted by atomic mass is 10.4. The lowest BCUT2D eigenvalue weighted by Gasteiger charge is -2.02. The highest BCUT2D eigenvalue weighted by atomic mass is 16.4. The van der Waals surface area contributed by atoms with Gasteiger partial charge in [-0.25, -0.2) is 4.79 Å². The Labute approximate surface area is 79.9 Å². The van der Waals surface area contributed by atoms with Gasteiger partial charge < -0.3 is 14.8 Å². The summed E-state index contributed by atoms with van der Waals surface area (Å²) in [5.41, 5.74) is 0. The summed E-state index contributed by atoms with van der Waals surface area (Å²) in [5.74, 6) is -0.638. The summed E-state index contributed by atoms with van der Waals surface area (Å²) in [4.78, 5) is 21.1. The predicted molar refractivity (Wildman–Crippen MR) is 48.0 cm³/mol. The van der Waals surface area contributed by atoms with E-state index in [0.717, 1.165) is 0 Å². The summed E-state index contributed by atoms with van der Waals surface area (Å²) in [6, 6.07) is 2.73. The smallest absolute Gasteiger partial charge is 0.321 e. The SMILES string of the molecule is O=C(O)CCNC(=O)Nc1ccco1. The second-order valence-corrected chi connectivity index (χ2v) is 2.50. The van der Waals surface area contributed by atoms with Gasteiger partial charge in [0.15, 0.2) is 0 Å². The van der Waals surface area contributed by atoms with Gasteiger partial charge >= 0.3 is 12.0 Å². The average molecular weight is 198 g/mol. The van der Waals surface area contributed by atoms with E-state index in [2.05, 4.69) is 10.6 Å². The minimum Gasteiger partial charge on any atom is -0.481 e. The number of furan rings is 1. The quantitative estimate of drug-likeness (QED) is 0.669. The Hall–Kier alpha value is -1.98. The van der Waals surface area contributed by atoms with Crippen molar-refractivity contribution in [2.45, 2.75) is 6.42 Å². The van der Waals surface area contributed by atoms with Crippen LogP contribution in [0.5, 0.6) is 0 Å². The topological polar surface area (TPSA) is 91.6 Å². The van der Waals surface area contributed by atoms with Crippen LogP contribution in [0.1, 0.15) is 6.42 Å². The van der Waals surface area contributed by atoms with Crippen LogP contribution in [0.25, 0.3) is 0 Å². The Morgan fingerprint density at radius 3 is 2.86 bits per heavy atom. The number of amides is 2. The minimum atomic E-state index is -0.955. The molecule has 0 spiro atoms. The maximum Gasteiger partial charge on any atom is 0.321 e. The molecule has 0 saturated heterocycles. The van der Waals surface area contributed by atoms with E-state index in [1.807, 2.05) is 0 Å². The Kier molecular flexibility index (Phi) is 3.54. The minimum absolute atomic E-state index is 0.0852. The van der Waals surface area contributed by atoms with Gasteiger partial charge in [-0.15, -0.1) is 0 Å². The van der Waals surface area contributed by atoms with E-state index in [1.165, 1.54) is 6.26 Å². The standard InChI is InChI=1S/C8H10N2O4/c11-7(12)3-4-9-8(13)10-6-2-1-5-14-6/h1-2,5H,3-4H2,(H,11,12)(H2,9,10,13). The van der Waals surface area contributed by atoms with Crippen molar-refractivity contribution in [1.82, 2.24) is 5.32 Å². The third kappa shape index (κ3) is 3.61. The number of urea groups is 1. The van der Waals surface area contributed by atoms with Gasteiger partial charge in [-0.3, -0.25) is 10.1 Å². The largest absolute Gasteiger partial charge is 0.481 e. The molecule has 0 aliphatic carbocycles. The van der Waals surface area contributed by atoms with Crippen LogP contribution in [0.2, 0.25) is 0 Å². The van der Waals surface area contributed by atoms with E-state index in [4.69, 9.17) is 9.52 Å². The molecule has 0 radical (unpaired) electrons. The second-order valence-electron chi connectivity index (χ2n) is 2.50. The molecule has 3 N–H and O–H groups in total. The van der Waals surface area contributed by atoms with E-state index in [-0.39, 0.29) is 13.0 Å². The second kappa shape index (κ2) is 4.90. The highest BCUT2D eigenvalue weighted by molar-refractivity contribution is 5.87. The molecule has 6 nitrogen and oxygen atoms in total. The number of carboxylic acid groups (broad SMARTS) is 1. The summed E-state index contributed by atoms with van der Waals surface area (Å²) in [5, 5.41) is 13.0. The first-order valence-corrected chi connectivity index (χ1v) is 3.98. The molecule has 0 atom stereocenters. The number of rotatable bonds is 4. The van der Waals surface area contributed by atoms with Gasteiger partial charge in [0.2, 0.25) is 5.88 Å². The van der Waals surface area contributed by atoms with Crippen LogP contribution >= 0.6 is 0 Å². The number of hydrogen-bond donors (Lipinski definition) is 3. The average Bonchev–Trinajstić information content (AvgIpc) is 2.56. The molecule has 0 unspecified atom stereocenters. The Morgan fingerprint density at radius 2 is 2.29 bits per heavy atom. The molecule has 0 saturated carbocycles. The maximum atomic E-state index is 11.0. The fourth-order valence-corrected chi connectivity index (χ4v) is 0.789. The van der Waals surface area contributed by atoms with Crippen LogP contribution in [0.4, 0.5) is 10.7 Å². The Morgan fingerprint density at radius 1 is 1.50 bits per heavy atom. The van der Waals surface area contributed by atoms with Crippen molar-refractivity contribution in [3.05, 3.63) is 18.4 Å². The Balaban J connectivity index is 2.20.